The molecule has 0 aliphatic heterocycles. The second kappa shape index (κ2) is 8.53. The Kier molecular flexibility index (Phi) is 7.33. The van der Waals surface area contributed by atoms with Crippen LogP contribution in [0.1, 0.15) is 64.7 Å². The fourth-order valence-corrected chi connectivity index (χ4v) is 2.88. The Labute approximate surface area is 143 Å². The van der Waals surface area contributed by atoms with E-state index in [4.69, 9.17) is 0 Å². The molecule has 0 fully saturated rings. The Morgan fingerprint density at radius 1 is 1.09 bits per heavy atom. The SMILES string of the molecule is CC(C)/C(C[C@@H](C)CC(=O)c1ccccc1)=N\S(=O)C(C)(C)C. The van der Waals surface area contributed by atoms with Crippen molar-refractivity contribution in [1.82, 2.24) is 0 Å². The molecule has 1 aromatic rings. The molecular weight excluding hydrogens is 306 g/mol. The minimum Gasteiger partial charge on any atom is -0.294 e. The fraction of sp³-hybridized carbons (Fsp3) is 0.579. The summed E-state index contributed by atoms with van der Waals surface area (Å²) in [4.78, 5) is 12.3. The van der Waals surface area contributed by atoms with Crippen LogP contribution in [0.3, 0.4) is 0 Å². The summed E-state index contributed by atoms with van der Waals surface area (Å²) in [6, 6.07) is 9.37. The molecule has 0 radical (unpaired) electrons. The average Bonchev–Trinajstić information content (AvgIpc) is 2.46. The van der Waals surface area contributed by atoms with Crippen LogP contribution in [0.4, 0.5) is 0 Å². The van der Waals surface area contributed by atoms with Gasteiger partial charge in [0.1, 0.15) is 11.0 Å². The Hall–Kier alpha value is -1.29. The Bertz CT molecular complexity index is 571. The minimum absolute atomic E-state index is 0.151. The number of Topliss-reactive ketones (excluding diaryl/α,β-unsaturated/α-hetero) is 1. The molecular formula is C19H29NO2S. The molecule has 0 aliphatic rings. The standard InChI is InChI=1S/C19H29NO2S/c1-14(2)17(20-23(22)19(4,5)6)12-15(3)13-18(21)16-10-8-7-9-11-16/h7-11,14-15H,12-13H2,1-6H3/b20-17-/t15-,23?/m1/s1. The van der Waals surface area contributed by atoms with Crippen LogP contribution in [-0.4, -0.2) is 20.5 Å². The predicted octanol–water partition coefficient (Wildman–Crippen LogP) is 4.84. The van der Waals surface area contributed by atoms with Gasteiger partial charge in [-0.1, -0.05) is 51.1 Å². The van der Waals surface area contributed by atoms with Crippen molar-refractivity contribution in [3.05, 3.63) is 35.9 Å². The van der Waals surface area contributed by atoms with E-state index in [1.54, 1.807) is 0 Å². The first-order valence-corrected chi connectivity index (χ1v) is 9.29. The number of ketones is 1. The summed E-state index contributed by atoms with van der Waals surface area (Å²) >= 11 is 0. The lowest BCUT2D eigenvalue weighted by Gasteiger charge is -2.19. The van der Waals surface area contributed by atoms with E-state index in [0.717, 1.165) is 11.3 Å². The highest BCUT2D eigenvalue weighted by Crippen LogP contribution is 2.20. The van der Waals surface area contributed by atoms with Crippen molar-refractivity contribution in [1.29, 1.82) is 0 Å². The van der Waals surface area contributed by atoms with Gasteiger partial charge in [-0.05, 0) is 39.0 Å². The predicted molar refractivity (Wildman–Crippen MR) is 99.3 cm³/mol. The van der Waals surface area contributed by atoms with Crippen molar-refractivity contribution in [2.24, 2.45) is 16.2 Å². The van der Waals surface area contributed by atoms with Gasteiger partial charge in [0, 0.05) is 17.7 Å². The largest absolute Gasteiger partial charge is 0.294 e. The molecule has 0 saturated heterocycles. The summed E-state index contributed by atoms with van der Waals surface area (Å²) < 4.78 is 16.3. The lowest BCUT2D eigenvalue weighted by atomic mass is 9.92. The molecule has 0 bridgehead atoms. The van der Waals surface area contributed by atoms with Gasteiger partial charge in [-0.3, -0.25) is 4.79 Å². The molecule has 0 saturated carbocycles. The van der Waals surface area contributed by atoms with Gasteiger partial charge in [0.2, 0.25) is 0 Å². The maximum absolute atomic E-state index is 12.3. The molecule has 0 amide bonds. The lowest BCUT2D eigenvalue weighted by Crippen LogP contribution is -2.23. The molecule has 0 N–H and O–H groups in total. The van der Waals surface area contributed by atoms with Crippen LogP contribution >= 0.6 is 0 Å². The number of carbonyl (C=O) groups excluding carboxylic acids is 1. The quantitative estimate of drug-likeness (QED) is 0.528. The maximum atomic E-state index is 12.3. The average molecular weight is 336 g/mol. The summed E-state index contributed by atoms with van der Waals surface area (Å²) in [6.07, 6.45) is 1.19. The monoisotopic (exact) mass is 335 g/mol. The van der Waals surface area contributed by atoms with Crippen LogP contribution in [0.2, 0.25) is 0 Å². The molecule has 2 atom stereocenters. The van der Waals surface area contributed by atoms with Gasteiger partial charge in [-0.2, -0.15) is 4.40 Å². The van der Waals surface area contributed by atoms with Gasteiger partial charge in [0.15, 0.2) is 5.78 Å². The van der Waals surface area contributed by atoms with Crippen molar-refractivity contribution < 1.29 is 9.00 Å². The molecule has 0 aliphatic carbocycles. The van der Waals surface area contributed by atoms with E-state index >= 15 is 0 Å². The maximum Gasteiger partial charge on any atom is 0.163 e. The third-order valence-corrected chi connectivity index (χ3v) is 5.03. The van der Waals surface area contributed by atoms with E-state index in [0.29, 0.717) is 12.8 Å². The zero-order chi connectivity index (χ0) is 17.6. The number of carbonyl (C=O) groups is 1. The highest BCUT2D eigenvalue weighted by Gasteiger charge is 2.22. The van der Waals surface area contributed by atoms with Crippen molar-refractivity contribution in [2.75, 3.05) is 0 Å². The molecule has 3 nitrogen and oxygen atoms in total. The van der Waals surface area contributed by atoms with Crippen LogP contribution in [0.15, 0.2) is 34.7 Å². The van der Waals surface area contributed by atoms with E-state index < -0.39 is 11.0 Å². The molecule has 0 heterocycles. The summed E-state index contributed by atoms with van der Waals surface area (Å²) in [5.74, 6) is 0.564. The van der Waals surface area contributed by atoms with E-state index in [1.807, 2.05) is 51.1 Å². The van der Waals surface area contributed by atoms with Crippen LogP contribution in [0, 0.1) is 11.8 Å². The number of nitrogens with zero attached hydrogens (tertiary/aromatic N) is 1. The summed E-state index contributed by atoms with van der Waals surface area (Å²) in [5.41, 5.74) is 1.69. The van der Waals surface area contributed by atoms with Crippen LogP contribution in [0.5, 0.6) is 0 Å². The molecule has 1 aromatic carbocycles. The third kappa shape index (κ3) is 6.78. The van der Waals surface area contributed by atoms with Crippen molar-refractivity contribution >= 4 is 22.5 Å². The molecule has 128 valence electrons. The summed E-state index contributed by atoms with van der Waals surface area (Å²) in [5, 5.41) is 0. The van der Waals surface area contributed by atoms with Gasteiger partial charge in [-0.25, -0.2) is 4.21 Å². The van der Waals surface area contributed by atoms with E-state index in [9.17, 15) is 9.00 Å². The van der Waals surface area contributed by atoms with Gasteiger partial charge >= 0.3 is 0 Å². The van der Waals surface area contributed by atoms with Crippen molar-refractivity contribution in [3.8, 4) is 0 Å². The van der Waals surface area contributed by atoms with Gasteiger partial charge < -0.3 is 0 Å². The first-order valence-electron chi connectivity index (χ1n) is 8.19. The summed E-state index contributed by atoms with van der Waals surface area (Å²) in [7, 11) is -1.25. The molecule has 0 spiro atoms. The molecule has 4 heteroatoms. The highest BCUT2D eigenvalue weighted by molar-refractivity contribution is 7.85. The molecule has 0 aromatic heterocycles. The first-order chi connectivity index (χ1) is 10.6. The zero-order valence-electron chi connectivity index (χ0n) is 15.1. The summed E-state index contributed by atoms with van der Waals surface area (Å²) in [6.45, 7) is 11.9. The second-order valence-electron chi connectivity index (χ2n) is 7.40. The number of benzene rings is 1. The topological polar surface area (TPSA) is 46.5 Å². The highest BCUT2D eigenvalue weighted by atomic mass is 32.2. The number of rotatable bonds is 7. The zero-order valence-corrected chi connectivity index (χ0v) is 15.9. The van der Waals surface area contributed by atoms with Crippen molar-refractivity contribution in [2.45, 2.75) is 59.1 Å². The van der Waals surface area contributed by atoms with Crippen LogP contribution in [-0.2, 0) is 11.0 Å². The van der Waals surface area contributed by atoms with Gasteiger partial charge in [0.05, 0.1) is 4.75 Å². The van der Waals surface area contributed by atoms with E-state index in [1.165, 1.54) is 0 Å². The second-order valence-corrected chi connectivity index (χ2v) is 9.31. The van der Waals surface area contributed by atoms with Crippen LogP contribution < -0.4 is 0 Å². The minimum atomic E-state index is -1.25. The smallest absolute Gasteiger partial charge is 0.163 e. The fourth-order valence-electron chi connectivity index (χ4n) is 2.11. The van der Waals surface area contributed by atoms with Crippen molar-refractivity contribution in [3.63, 3.8) is 0 Å². The van der Waals surface area contributed by atoms with Gasteiger partial charge in [0.25, 0.3) is 0 Å². The normalized spacial score (nSPS) is 15.5. The number of hydrogen-bond donors (Lipinski definition) is 0. The Morgan fingerprint density at radius 3 is 2.13 bits per heavy atom. The Balaban J connectivity index is 2.75. The van der Waals surface area contributed by atoms with E-state index in [2.05, 4.69) is 25.2 Å². The molecule has 23 heavy (non-hydrogen) atoms. The Morgan fingerprint density at radius 2 is 1.65 bits per heavy atom. The third-order valence-electron chi connectivity index (χ3n) is 3.58. The molecule has 1 unspecified atom stereocenters. The number of hydrogen-bond acceptors (Lipinski definition) is 2. The molecule has 1 rings (SSSR count). The van der Waals surface area contributed by atoms with Gasteiger partial charge in [-0.15, -0.1) is 0 Å². The van der Waals surface area contributed by atoms with Crippen LogP contribution in [0.25, 0.3) is 0 Å². The van der Waals surface area contributed by atoms with E-state index in [-0.39, 0.29) is 22.4 Å². The first kappa shape index (κ1) is 19.8. The lowest BCUT2D eigenvalue weighted by molar-refractivity contribution is 0.0965.